The highest BCUT2D eigenvalue weighted by molar-refractivity contribution is 5.96. The summed E-state index contributed by atoms with van der Waals surface area (Å²) >= 11 is 0. The second kappa shape index (κ2) is 4.53. The van der Waals surface area contributed by atoms with E-state index in [-0.39, 0.29) is 11.7 Å². The number of hydrogen-bond donors (Lipinski definition) is 2. The van der Waals surface area contributed by atoms with Crippen molar-refractivity contribution < 1.29 is 9.90 Å². The van der Waals surface area contributed by atoms with Crippen LogP contribution in [-0.2, 0) is 0 Å². The van der Waals surface area contributed by atoms with Gasteiger partial charge >= 0.3 is 0 Å². The number of para-hydroxylation sites is 1. The van der Waals surface area contributed by atoms with Crippen molar-refractivity contribution in [3.63, 3.8) is 0 Å². The second-order valence-corrected chi connectivity index (χ2v) is 4.12. The number of amides is 1. The molecule has 1 fully saturated rings. The van der Waals surface area contributed by atoms with E-state index in [1.54, 1.807) is 29.2 Å². The third-order valence-corrected chi connectivity index (χ3v) is 2.79. The van der Waals surface area contributed by atoms with Gasteiger partial charge in [0.05, 0.1) is 5.56 Å². The summed E-state index contributed by atoms with van der Waals surface area (Å²) in [5.41, 5.74) is 0.386. The van der Waals surface area contributed by atoms with Crippen LogP contribution in [0.4, 0.5) is 0 Å². The first-order chi connectivity index (χ1) is 7.68. The van der Waals surface area contributed by atoms with Crippen LogP contribution in [0.5, 0.6) is 5.75 Å². The Morgan fingerprint density at radius 2 is 2.25 bits per heavy atom. The Labute approximate surface area is 94.9 Å². The van der Waals surface area contributed by atoms with Crippen molar-refractivity contribution >= 4 is 5.91 Å². The Bertz CT molecular complexity index is 392. The zero-order valence-electron chi connectivity index (χ0n) is 9.31. The number of benzene rings is 1. The number of rotatable bonds is 1. The van der Waals surface area contributed by atoms with E-state index >= 15 is 0 Å². The Morgan fingerprint density at radius 3 is 2.94 bits per heavy atom. The first-order valence-corrected chi connectivity index (χ1v) is 5.49. The van der Waals surface area contributed by atoms with Crippen molar-refractivity contribution in [1.82, 2.24) is 10.2 Å². The summed E-state index contributed by atoms with van der Waals surface area (Å²) in [6, 6.07) is 6.98. The molecule has 0 radical (unpaired) electrons. The van der Waals surface area contributed by atoms with Gasteiger partial charge < -0.3 is 15.3 Å². The molecule has 1 aromatic carbocycles. The Morgan fingerprint density at radius 1 is 1.50 bits per heavy atom. The van der Waals surface area contributed by atoms with Gasteiger partial charge in [0.25, 0.3) is 5.91 Å². The molecular formula is C12H16N2O2. The molecule has 4 heteroatoms. The standard InChI is InChI=1S/C12H16N2O2/c1-9-8-14(7-6-13-9)12(16)10-4-2-3-5-11(10)15/h2-5,9,13,15H,6-8H2,1H3. The number of phenols is 1. The second-order valence-electron chi connectivity index (χ2n) is 4.12. The van der Waals surface area contributed by atoms with Crippen LogP contribution in [0.3, 0.4) is 0 Å². The molecule has 16 heavy (non-hydrogen) atoms. The van der Waals surface area contributed by atoms with Gasteiger partial charge in [0.15, 0.2) is 0 Å². The number of nitrogens with zero attached hydrogens (tertiary/aromatic N) is 1. The highest BCUT2D eigenvalue weighted by Crippen LogP contribution is 2.18. The van der Waals surface area contributed by atoms with Crippen molar-refractivity contribution in [2.75, 3.05) is 19.6 Å². The van der Waals surface area contributed by atoms with Gasteiger partial charge in [-0.2, -0.15) is 0 Å². The van der Waals surface area contributed by atoms with Gasteiger partial charge in [-0.25, -0.2) is 0 Å². The zero-order valence-corrected chi connectivity index (χ0v) is 9.31. The van der Waals surface area contributed by atoms with E-state index in [4.69, 9.17) is 0 Å². The monoisotopic (exact) mass is 220 g/mol. The maximum absolute atomic E-state index is 12.1. The average Bonchev–Trinajstić information content (AvgIpc) is 2.29. The minimum atomic E-state index is -0.0912. The third-order valence-electron chi connectivity index (χ3n) is 2.79. The smallest absolute Gasteiger partial charge is 0.257 e. The van der Waals surface area contributed by atoms with Crippen molar-refractivity contribution in [3.05, 3.63) is 29.8 Å². The first-order valence-electron chi connectivity index (χ1n) is 5.49. The zero-order chi connectivity index (χ0) is 11.5. The van der Waals surface area contributed by atoms with Crippen LogP contribution < -0.4 is 5.32 Å². The van der Waals surface area contributed by atoms with Crippen molar-refractivity contribution in [1.29, 1.82) is 0 Å². The molecule has 1 aliphatic rings. The molecule has 1 amide bonds. The Hall–Kier alpha value is -1.55. The van der Waals surface area contributed by atoms with Crippen LogP contribution in [0.15, 0.2) is 24.3 Å². The fourth-order valence-electron chi connectivity index (χ4n) is 1.94. The maximum Gasteiger partial charge on any atom is 0.257 e. The molecule has 2 rings (SSSR count). The minimum absolute atomic E-state index is 0.0543. The molecule has 86 valence electrons. The molecule has 1 unspecified atom stereocenters. The molecule has 0 aromatic heterocycles. The van der Waals surface area contributed by atoms with Gasteiger partial charge in [-0.3, -0.25) is 4.79 Å². The SMILES string of the molecule is CC1CN(C(=O)c2ccccc2O)CCN1. The van der Waals surface area contributed by atoms with Gasteiger partial charge in [-0.1, -0.05) is 12.1 Å². The van der Waals surface area contributed by atoms with Crippen LogP contribution in [0.25, 0.3) is 0 Å². The van der Waals surface area contributed by atoms with E-state index in [0.29, 0.717) is 24.7 Å². The number of carbonyl (C=O) groups is 1. The van der Waals surface area contributed by atoms with Gasteiger partial charge in [-0.15, -0.1) is 0 Å². The number of nitrogens with one attached hydrogen (secondary N) is 1. The van der Waals surface area contributed by atoms with Crippen LogP contribution >= 0.6 is 0 Å². The van der Waals surface area contributed by atoms with E-state index in [9.17, 15) is 9.90 Å². The molecule has 1 atom stereocenters. The molecule has 0 bridgehead atoms. The molecule has 0 aliphatic carbocycles. The summed E-state index contributed by atoms with van der Waals surface area (Å²) in [4.78, 5) is 13.9. The predicted molar refractivity (Wildman–Crippen MR) is 61.5 cm³/mol. The fourth-order valence-corrected chi connectivity index (χ4v) is 1.94. The molecule has 0 saturated carbocycles. The lowest BCUT2D eigenvalue weighted by atomic mass is 10.1. The number of hydrogen-bond acceptors (Lipinski definition) is 3. The van der Waals surface area contributed by atoms with Crippen molar-refractivity contribution in [2.45, 2.75) is 13.0 Å². The third kappa shape index (κ3) is 2.17. The van der Waals surface area contributed by atoms with Gasteiger partial charge in [0.1, 0.15) is 5.75 Å². The Kier molecular flexibility index (Phi) is 3.10. The van der Waals surface area contributed by atoms with Crippen LogP contribution in [0.1, 0.15) is 17.3 Å². The Balaban J connectivity index is 2.16. The van der Waals surface area contributed by atoms with Gasteiger partial charge in [0.2, 0.25) is 0 Å². The van der Waals surface area contributed by atoms with Crippen molar-refractivity contribution in [2.24, 2.45) is 0 Å². The van der Waals surface area contributed by atoms with Crippen molar-refractivity contribution in [3.8, 4) is 5.75 Å². The maximum atomic E-state index is 12.1. The quantitative estimate of drug-likeness (QED) is 0.737. The molecule has 1 aromatic rings. The van der Waals surface area contributed by atoms with Crippen LogP contribution in [0.2, 0.25) is 0 Å². The topological polar surface area (TPSA) is 52.6 Å². The van der Waals surface area contributed by atoms with E-state index < -0.39 is 0 Å². The summed E-state index contributed by atoms with van der Waals surface area (Å²) in [5, 5.41) is 12.9. The number of aromatic hydroxyl groups is 1. The summed E-state index contributed by atoms with van der Waals surface area (Å²) < 4.78 is 0. The van der Waals surface area contributed by atoms with E-state index in [1.165, 1.54) is 0 Å². The lowest BCUT2D eigenvalue weighted by Crippen LogP contribution is -2.51. The normalized spacial score (nSPS) is 20.8. The van der Waals surface area contributed by atoms with E-state index in [1.807, 2.05) is 6.92 Å². The molecule has 1 aliphatic heterocycles. The highest BCUT2D eigenvalue weighted by atomic mass is 16.3. The largest absolute Gasteiger partial charge is 0.507 e. The number of carbonyl (C=O) groups excluding carboxylic acids is 1. The summed E-state index contributed by atoms with van der Waals surface area (Å²) in [5.74, 6) is -0.0369. The molecule has 2 N–H and O–H groups in total. The fraction of sp³-hybridized carbons (Fsp3) is 0.417. The molecule has 1 saturated heterocycles. The van der Waals surface area contributed by atoms with Crippen LogP contribution in [-0.4, -0.2) is 41.6 Å². The summed E-state index contributed by atoms with van der Waals surface area (Å²) in [6.45, 7) is 4.23. The summed E-state index contributed by atoms with van der Waals surface area (Å²) in [7, 11) is 0. The van der Waals surface area contributed by atoms with Gasteiger partial charge in [0, 0.05) is 25.7 Å². The number of phenolic OH excluding ortho intramolecular Hbond substituents is 1. The molecular weight excluding hydrogens is 204 g/mol. The van der Waals surface area contributed by atoms with Crippen LogP contribution in [0, 0.1) is 0 Å². The summed E-state index contributed by atoms with van der Waals surface area (Å²) in [6.07, 6.45) is 0. The molecule has 1 heterocycles. The lowest BCUT2D eigenvalue weighted by molar-refractivity contribution is 0.0706. The van der Waals surface area contributed by atoms with Gasteiger partial charge in [-0.05, 0) is 19.1 Å². The first kappa shape index (κ1) is 11.0. The molecule has 0 spiro atoms. The lowest BCUT2D eigenvalue weighted by Gasteiger charge is -2.32. The highest BCUT2D eigenvalue weighted by Gasteiger charge is 2.22. The minimum Gasteiger partial charge on any atom is -0.507 e. The predicted octanol–water partition coefficient (Wildman–Crippen LogP) is 0.826. The number of piperazine rings is 1. The van der Waals surface area contributed by atoms with E-state index in [2.05, 4.69) is 5.32 Å². The van der Waals surface area contributed by atoms with E-state index in [0.717, 1.165) is 6.54 Å². The average molecular weight is 220 g/mol. The molecule has 4 nitrogen and oxygen atoms in total.